The Balaban J connectivity index is 3.80. The van der Waals surface area contributed by atoms with E-state index in [0.29, 0.717) is 5.33 Å². The lowest BCUT2D eigenvalue weighted by Crippen LogP contribution is -2.39. The Kier molecular flexibility index (Phi) is 4.29. The summed E-state index contributed by atoms with van der Waals surface area (Å²) < 4.78 is 0. The summed E-state index contributed by atoms with van der Waals surface area (Å²) in [6.45, 7) is 1.59. The summed E-state index contributed by atoms with van der Waals surface area (Å²) in [4.78, 5) is -0.260. The number of alkyl halides is 2. The summed E-state index contributed by atoms with van der Waals surface area (Å²) in [5, 5.41) is 18.4. The van der Waals surface area contributed by atoms with Crippen LogP contribution >= 0.6 is 31.9 Å². The smallest absolute Gasteiger partial charge is 0.0862 e. The molecule has 0 rings (SSSR count). The highest BCUT2D eigenvalue weighted by atomic mass is 79.9. The molecule has 0 aromatic rings. The second-order valence-electron chi connectivity index (χ2n) is 2.14. The third kappa shape index (κ3) is 2.98. The topological polar surface area (TPSA) is 40.5 Å². The normalized spacial score (nSPS) is 21.0. The van der Waals surface area contributed by atoms with Gasteiger partial charge in [0.05, 0.1) is 17.0 Å². The molecule has 4 heteroatoms. The van der Waals surface area contributed by atoms with Crippen LogP contribution in [0, 0.1) is 0 Å². The summed E-state index contributed by atoms with van der Waals surface area (Å²) in [5.74, 6) is 0. The quantitative estimate of drug-likeness (QED) is 0.741. The monoisotopic (exact) mass is 260 g/mol. The molecule has 0 radical (unpaired) electrons. The summed E-state index contributed by atoms with van der Waals surface area (Å²) in [6.07, 6.45) is 0. The van der Waals surface area contributed by atoms with Gasteiger partial charge in [0.1, 0.15) is 0 Å². The lowest BCUT2D eigenvalue weighted by atomic mass is 10.1. The van der Waals surface area contributed by atoms with Crippen LogP contribution in [0.25, 0.3) is 0 Å². The van der Waals surface area contributed by atoms with Gasteiger partial charge in [-0.1, -0.05) is 31.9 Å². The average Bonchev–Trinajstić information content (AvgIpc) is 1.86. The van der Waals surface area contributed by atoms with Gasteiger partial charge >= 0.3 is 0 Å². The van der Waals surface area contributed by atoms with Crippen LogP contribution in [-0.4, -0.2) is 32.6 Å². The summed E-state index contributed by atoms with van der Waals surface area (Å²) >= 11 is 6.25. The first-order chi connectivity index (χ1) is 4.04. The van der Waals surface area contributed by atoms with Crippen molar-refractivity contribution in [3.8, 4) is 0 Å². The van der Waals surface area contributed by atoms with Crippen molar-refractivity contribution in [3.63, 3.8) is 0 Å². The Hall–Kier alpha value is 0.880. The number of aliphatic hydroxyl groups excluding tert-OH is 1. The van der Waals surface area contributed by atoms with E-state index in [9.17, 15) is 5.11 Å². The van der Waals surface area contributed by atoms with Gasteiger partial charge in [0.25, 0.3) is 0 Å². The first-order valence-corrected chi connectivity index (χ1v) is 4.61. The van der Waals surface area contributed by atoms with Crippen molar-refractivity contribution >= 4 is 31.9 Å². The molecule has 0 saturated heterocycles. The Morgan fingerprint density at radius 2 is 2.11 bits per heavy atom. The molecule has 2 atom stereocenters. The van der Waals surface area contributed by atoms with E-state index in [-0.39, 0.29) is 11.4 Å². The molecule has 2 unspecified atom stereocenters. The Morgan fingerprint density at radius 1 is 1.67 bits per heavy atom. The van der Waals surface area contributed by atoms with Gasteiger partial charge in [0.15, 0.2) is 0 Å². The minimum Gasteiger partial charge on any atom is -0.395 e. The summed E-state index contributed by atoms with van der Waals surface area (Å²) in [5.41, 5.74) is -0.866. The molecule has 0 saturated carbocycles. The van der Waals surface area contributed by atoms with Crippen LogP contribution in [0.5, 0.6) is 0 Å². The average molecular weight is 262 g/mol. The predicted molar refractivity (Wildman–Crippen MR) is 44.2 cm³/mol. The van der Waals surface area contributed by atoms with E-state index in [2.05, 4.69) is 31.9 Å². The third-order valence-corrected chi connectivity index (χ3v) is 3.52. The van der Waals surface area contributed by atoms with E-state index in [4.69, 9.17) is 5.11 Å². The van der Waals surface area contributed by atoms with Crippen LogP contribution < -0.4 is 0 Å². The van der Waals surface area contributed by atoms with Gasteiger partial charge < -0.3 is 10.2 Å². The standard InChI is InChI=1S/C5H10Br2O2/c1-5(9,3-6)4(7)2-8/h4,8-9H,2-3H2,1H3. The molecule has 0 spiro atoms. The van der Waals surface area contributed by atoms with Gasteiger partial charge in [0.2, 0.25) is 0 Å². The van der Waals surface area contributed by atoms with Crippen LogP contribution in [0.2, 0.25) is 0 Å². The van der Waals surface area contributed by atoms with Crippen molar-refractivity contribution in [1.82, 2.24) is 0 Å². The van der Waals surface area contributed by atoms with Crippen LogP contribution in [-0.2, 0) is 0 Å². The minimum absolute atomic E-state index is 0.0569. The maximum absolute atomic E-state index is 9.34. The highest BCUT2D eigenvalue weighted by Crippen LogP contribution is 2.19. The SMILES string of the molecule is CC(O)(CBr)C(Br)CO. The van der Waals surface area contributed by atoms with E-state index in [1.165, 1.54) is 0 Å². The molecular weight excluding hydrogens is 252 g/mol. The fourth-order valence-corrected chi connectivity index (χ4v) is 1.27. The second kappa shape index (κ2) is 3.91. The lowest BCUT2D eigenvalue weighted by molar-refractivity contribution is 0.0667. The number of hydrogen-bond acceptors (Lipinski definition) is 2. The Bertz CT molecular complexity index is 85.0. The second-order valence-corrected chi connectivity index (χ2v) is 3.81. The van der Waals surface area contributed by atoms with Crippen LogP contribution in [0.3, 0.4) is 0 Å². The predicted octanol–water partition coefficient (Wildman–Crippen LogP) is 0.888. The molecule has 0 bridgehead atoms. The number of aliphatic hydroxyl groups is 2. The van der Waals surface area contributed by atoms with Crippen molar-refractivity contribution in [2.75, 3.05) is 11.9 Å². The first kappa shape index (κ1) is 9.88. The molecule has 0 aromatic carbocycles. The number of rotatable bonds is 3. The highest BCUT2D eigenvalue weighted by molar-refractivity contribution is 9.10. The van der Waals surface area contributed by atoms with Crippen molar-refractivity contribution in [2.24, 2.45) is 0 Å². The van der Waals surface area contributed by atoms with Crippen molar-refractivity contribution in [1.29, 1.82) is 0 Å². The molecule has 0 aliphatic rings. The molecule has 0 amide bonds. The molecule has 0 fully saturated rings. The summed E-state index contributed by atoms with van der Waals surface area (Å²) in [7, 11) is 0. The number of hydrogen-bond donors (Lipinski definition) is 2. The van der Waals surface area contributed by atoms with Gasteiger partial charge in [-0.25, -0.2) is 0 Å². The van der Waals surface area contributed by atoms with E-state index < -0.39 is 5.60 Å². The molecule has 2 N–H and O–H groups in total. The molecule has 56 valence electrons. The minimum atomic E-state index is -0.866. The third-order valence-electron chi connectivity index (χ3n) is 1.11. The molecule has 0 heterocycles. The van der Waals surface area contributed by atoms with Crippen LogP contribution in [0.1, 0.15) is 6.92 Å². The number of halogens is 2. The zero-order chi connectivity index (χ0) is 7.49. The molecule has 9 heavy (non-hydrogen) atoms. The van der Waals surface area contributed by atoms with E-state index in [1.807, 2.05) is 0 Å². The maximum atomic E-state index is 9.34. The zero-order valence-electron chi connectivity index (χ0n) is 5.14. The van der Waals surface area contributed by atoms with Gasteiger partial charge in [-0.3, -0.25) is 0 Å². The molecule has 0 aliphatic heterocycles. The zero-order valence-corrected chi connectivity index (χ0v) is 8.31. The molecule has 0 aliphatic carbocycles. The fraction of sp³-hybridized carbons (Fsp3) is 1.00. The van der Waals surface area contributed by atoms with E-state index in [1.54, 1.807) is 6.92 Å². The highest BCUT2D eigenvalue weighted by Gasteiger charge is 2.27. The van der Waals surface area contributed by atoms with Crippen LogP contribution in [0.4, 0.5) is 0 Å². The van der Waals surface area contributed by atoms with Crippen LogP contribution in [0.15, 0.2) is 0 Å². The Morgan fingerprint density at radius 3 is 2.22 bits per heavy atom. The van der Waals surface area contributed by atoms with Gasteiger partial charge in [-0.15, -0.1) is 0 Å². The van der Waals surface area contributed by atoms with Gasteiger partial charge in [0, 0.05) is 5.33 Å². The van der Waals surface area contributed by atoms with Gasteiger partial charge in [-0.05, 0) is 6.92 Å². The maximum Gasteiger partial charge on any atom is 0.0862 e. The van der Waals surface area contributed by atoms with Crippen molar-refractivity contribution < 1.29 is 10.2 Å². The summed E-state index contributed by atoms with van der Waals surface area (Å²) in [6, 6.07) is 0. The van der Waals surface area contributed by atoms with E-state index >= 15 is 0 Å². The molecule has 2 nitrogen and oxygen atoms in total. The fourth-order valence-electron chi connectivity index (χ4n) is 0.280. The molecular formula is C5H10Br2O2. The lowest BCUT2D eigenvalue weighted by Gasteiger charge is -2.24. The molecule has 0 aromatic heterocycles. The largest absolute Gasteiger partial charge is 0.395 e. The van der Waals surface area contributed by atoms with Crippen molar-refractivity contribution in [3.05, 3.63) is 0 Å². The van der Waals surface area contributed by atoms with Gasteiger partial charge in [-0.2, -0.15) is 0 Å². The Labute approximate surface area is 71.5 Å². The van der Waals surface area contributed by atoms with Crippen molar-refractivity contribution in [2.45, 2.75) is 17.4 Å². The first-order valence-electron chi connectivity index (χ1n) is 2.58. The van der Waals surface area contributed by atoms with E-state index in [0.717, 1.165) is 0 Å².